The number of hydrogen-bond acceptors (Lipinski definition) is 2. The lowest BCUT2D eigenvalue weighted by Gasteiger charge is -2.43. The van der Waals surface area contributed by atoms with Crippen molar-refractivity contribution in [3.63, 3.8) is 0 Å². The molecule has 0 aromatic heterocycles. The maximum absolute atomic E-state index is 13.1. The molecule has 1 N–H and O–H groups in total. The number of imide groups is 1. The van der Waals surface area contributed by atoms with E-state index < -0.39 is 0 Å². The van der Waals surface area contributed by atoms with Crippen molar-refractivity contribution in [2.24, 2.45) is 5.41 Å². The van der Waals surface area contributed by atoms with E-state index in [0.717, 1.165) is 31.2 Å². The molecule has 0 aliphatic carbocycles. The molecule has 114 valence electrons. The van der Waals surface area contributed by atoms with Crippen molar-refractivity contribution in [3.8, 4) is 0 Å². The van der Waals surface area contributed by atoms with Crippen LogP contribution >= 0.6 is 0 Å². The fourth-order valence-electron chi connectivity index (χ4n) is 3.70. The van der Waals surface area contributed by atoms with E-state index in [1.807, 2.05) is 0 Å². The lowest BCUT2D eigenvalue weighted by Crippen LogP contribution is -2.50. The van der Waals surface area contributed by atoms with E-state index in [-0.39, 0.29) is 29.0 Å². The lowest BCUT2D eigenvalue weighted by atomic mass is 9.62. The second-order valence-corrected chi connectivity index (χ2v) is 5.94. The molecule has 3 nitrogen and oxygen atoms in total. The molecule has 2 rings (SSSR count). The lowest BCUT2D eigenvalue weighted by molar-refractivity contribution is -0.140. The standard InChI is InChI=1S/C17H22FNO2/c1-3-9-17(10-4-2)11-14(20)19-16(21)15(17)12-5-7-13(18)8-6-12/h5-8,15H,3-4,9-11H2,1-2H3,(H,19,20,21). The predicted octanol–water partition coefficient (Wildman–Crippen LogP) is 3.54. The van der Waals surface area contributed by atoms with E-state index >= 15 is 0 Å². The summed E-state index contributed by atoms with van der Waals surface area (Å²) in [4.78, 5) is 24.3. The van der Waals surface area contributed by atoms with Crippen LogP contribution in [0.3, 0.4) is 0 Å². The van der Waals surface area contributed by atoms with Crippen LogP contribution in [0.15, 0.2) is 24.3 Å². The van der Waals surface area contributed by atoms with Gasteiger partial charge in [-0.3, -0.25) is 14.9 Å². The van der Waals surface area contributed by atoms with Crippen molar-refractivity contribution in [1.29, 1.82) is 0 Å². The first-order chi connectivity index (χ1) is 10.0. The molecule has 1 aliphatic heterocycles. The number of nitrogens with one attached hydrogen (secondary N) is 1. The fourth-order valence-corrected chi connectivity index (χ4v) is 3.70. The number of carbonyl (C=O) groups excluding carboxylic acids is 2. The van der Waals surface area contributed by atoms with Crippen LogP contribution in [0.25, 0.3) is 0 Å². The Kier molecular flexibility index (Phi) is 4.76. The SMILES string of the molecule is CCCC1(CCC)CC(=O)NC(=O)C1c1ccc(F)cc1. The molecular weight excluding hydrogens is 269 g/mol. The van der Waals surface area contributed by atoms with Crippen molar-refractivity contribution in [2.75, 3.05) is 0 Å². The number of rotatable bonds is 5. The molecular formula is C17H22FNO2. The van der Waals surface area contributed by atoms with Gasteiger partial charge in [-0.2, -0.15) is 0 Å². The molecule has 0 radical (unpaired) electrons. The molecule has 0 spiro atoms. The van der Waals surface area contributed by atoms with E-state index in [1.54, 1.807) is 12.1 Å². The highest BCUT2D eigenvalue weighted by Crippen LogP contribution is 2.48. The van der Waals surface area contributed by atoms with Gasteiger partial charge in [0.15, 0.2) is 0 Å². The van der Waals surface area contributed by atoms with E-state index in [2.05, 4.69) is 19.2 Å². The van der Waals surface area contributed by atoms with Gasteiger partial charge in [-0.15, -0.1) is 0 Å². The molecule has 1 saturated heterocycles. The topological polar surface area (TPSA) is 46.2 Å². The number of piperidine rings is 1. The first kappa shape index (κ1) is 15.7. The molecule has 4 heteroatoms. The van der Waals surface area contributed by atoms with Crippen molar-refractivity contribution in [1.82, 2.24) is 5.32 Å². The molecule has 1 aliphatic rings. The van der Waals surface area contributed by atoms with Gasteiger partial charge >= 0.3 is 0 Å². The van der Waals surface area contributed by atoms with E-state index in [4.69, 9.17) is 0 Å². The van der Waals surface area contributed by atoms with Gasteiger partial charge in [-0.05, 0) is 36.0 Å². The van der Waals surface area contributed by atoms with Crippen LogP contribution in [0.1, 0.15) is 57.4 Å². The van der Waals surface area contributed by atoms with Crippen LogP contribution < -0.4 is 5.32 Å². The molecule has 0 saturated carbocycles. The smallest absolute Gasteiger partial charge is 0.234 e. The minimum Gasteiger partial charge on any atom is -0.296 e. The highest BCUT2D eigenvalue weighted by molar-refractivity contribution is 6.02. The minimum atomic E-state index is -0.379. The highest BCUT2D eigenvalue weighted by atomic mass is 19.1. The number of amides is 2. The number of benzene rings is 1. The summed E-state index contributed by atoms with van der Waals surface area (Å²) in [5.74, 6) is -1.14. The summed E-state index contributed by atoms with van der Waals surface area (Å²) < 4.78 is 13.1. The van der Waals surface area contributed by atoms with Crippen LogP contribution in [-0.2, 0) is 9.59 Å². The molecule has 1 aromatic rings. The molecule has 1 atom stereocenters. The van der Waals surface area contributed by atoms with Crippen LogP contribution in [0.2, 0.25) is 0 Å². The predicted molar refractivity (Wildman–Crippen MR) is 79.2 cm³/mol. The zero-order valence-electron chi connectivity index (χ0n) is 12.6. The van der Waals surface area contributed by atoms with Crippen molar-refractivity contribution in [3.05, 3.63) is 35.6 Å². The Hall–Kier alpha value is -1.71. The Morgan fingerprint density at radius 3 is 2.24 bits per heavy atom. The Balaban J connectivity index is 2.46. The van der Waals surface area contributed by atoms with E-state index in [9.17, 15) is 14.0 Å². The van der Waals surface area contributed by atoms with Crippen LogP contribution in [0.5, 0.6) is 0 Å². The molecule has 1 unspecified atom stereocenters. The Morgan fingerprint density at radius 1 is 1.14 bits per heavy atom. The second-order valence-electron chi connectivity index (χ2n) is 5.94. The highest BCUT2D eigenvalue weighted by Gasteiger charge is 2.47. The maximum atomic E-state index is 13.1. The van der Waals surface area contributed by atoms with Gasteiger partial charge in [-0.25, -0.2) is 4.39 Å². The summed E-state index contributed by atoms with van der Waals surface area (Å²) in [5, 5.41) is 2.44. The number of carbonyl (C=O) groups is 2. The van der Waals surface area contributed by atoms with E-state index in [1.165, 1.54) is 12.1 Å². The van der Waals surface area contributed by atoms with E-state index in [0.29, 0.717) is 6.42 Å². The third kappa shape index (κ3) is 3.14. The molecule has 1 fully saturated rings. The maximum Gasteiger partial charge on any atom is 0.234 e. The summed E-state index contributed by atoms with van der Waals surface area (Å²) in [6.07, 6.45) is 3.84. The molecule has 1 aromatic carbocycles. The largest absolute Gasteiger partial charge is 0.296 e. The molecule has 21 heavy (non-hydrogen) atoms. The van der Waals surface area contributed by atoms with Crippen molar-refractivity contribution in [2.45, 2.75) is 51.9 Å². The summed E-state index contributed by atoms with van der Waals surface area (Å²) in [6.45, 7) is 4.13. The monoisotopic (exact) mass is 291 g/mol. The second kappa shape index (κ2) is 6.37. The van der Waals surface area contributed by atoms with Crippen LogP contribution in [-0.4, -0.2) is 11.8 Å². The summed E-state index contributed by atoms with van der Waals surface area (Å²) in [5.41, 5.74) is 0.448. The zero-order valence-corrected chi connectivity index (χ0v) is 12.6. The molecule has 2 amide bonds. The van der Waals surface area contributed by atoms with Crippen LogP contribution in [0, 0.1) is 11.2 Å². The first-order valence-corrected chi connectivity index (χ1v) is 7.61. The van der Waals surface area contributed by atoms with Gasteiger partial charge in [0.25, 0.3) is 0 Å². The van der Waals surface area contributed by atoms with Gasteiger partial charge in [0.2, 0.25) is 11.8 Å². The fraction of sp³-hybridized carbons (Fsp3) is 0.529. The van der Waals surface area contributed by atoms with Crippen molar-refractivity contribution < 1.29 is 14.0 Å². The van der Waals surface area contributed by atoms with Gasteiger partial charge in [0.1, 0.15) is 5.82 Å². The minimum absolute atomic E-state index is 0.194. The normalized spacial score (nSPS) is 21.2. The average molecular weight is 291 g/mol. The van der Waals surface area contributed by atoms with Gasteiger partial charge in [0.05, 0.1) is 5.92 Å². The van der Waals surface area contributed by atoms with Gasteiger partial charge in [-0.1, -0.05) is 38.8 Å². The Labute approximate surface area is 124 Å². The summed E-state index contributed by atoms with van der Waals surface area (Å²) >= 11 is 0. The van der Waals surface area contributed by atoms with Gasteiger partial charge in [0, 0.05) is 6.42 Å². The summed E-state index contributed by atoms with van der Waals surface area (Å²) in [7, 11) is 0. The number of halogens is 1. The molecule has 0 bridgehead atoms. The first-order valence-electron chi connectivity index (χ1n) is 7.61. The van der Waals surface area contributed by atoms with Crippen molar-refractivity contribution >= 4 is 11.8 Å². The number of hydrogen-bond donors (Lipinski definition) is 1. The Morgan fingerprint density at radius 2 is 1.71 bits per heavy atom. The van der Waals surface area contributed by atoms with Gasteiger partial charge < -0.3 is 0 Å². The zero-order chi connectivity index (χ0) is 15.5. The van der Waals surface area contributed by atoms with Crippen LogP contribution in [0.4, 0.5) is 4.39 Å². The quantitative estimate of drug-likeness (QED) is 0.843. The third-order valence-electron chi connectivity index (χ3n) is 4.35. The Bertz CT molecular complexity index is 518. The molecule has 1 heterocycles. The average Bonchev–Trinajstić information content (AvgIpc) is 2.40. The third-order valence-corrected chi connectivity index (χ3v) is 4.35. The summed E-state index contributed by atoms with van der Waals surface area (Å²) in [6, 6.07) is 6.08.